The summed E-state index contributed by atoms with van der Waals surface area (Å²) >= 11 is 0. The third kappa shape index (κ3) is 5.60. The van der Waals surface area contributed by atoms with Gasteiger partial charge in [-0.3, -0.25) is 14.4 Å². The van der Waals surface area contributed by atoms with Crippen molar-refractivity contribution in [2.75, 3.05) is 20.2 Å². The summed E-state index contributed by atoms with van der Waals surface area (Å²) in [6, 6.07) is 12.0. The smallest absolute Gasteiger partial charge is 0.326 e. The van der Waals surface area contributed by atoms with Crippen LogP contribution in [0.15, 0.2) is 84.6 Å². The molecule has 1 amide bonds. The van der Waals surface area contributed by atoms with Crippen LogP contribution < -0.4 is 10.1 Å². The van der Waals surface area contributed by atoms with Gasteiger partial charge in [-0.1, -0.05) is 54.1 Å². The number of nitrogens with one attached hydrogen (secondary N) is 1. The zero-order chi connectivity index (χ0) is 31.0. The molecule has 5 aliphatic rings. The van der Waals surface area contributed by atoms with E-state index in [-0.39, 0.29) is 29.9 Å². The number of Topliss-reactive ketones (excluding diaryl/α,β-unsaturated/α-hetero) is 1. The quantitative estimate of drug-likeness (QED) is 0.215. The number of carbonyl (C=O) groups excluding carboxylic acids is 3. The standard InChI is InChI=1S/C37H42N2O5/c1-5-23-17-26-12-11-25(23)18-31(26)36(28-9-7-8-24-13-14-27(43-4)19-30(24)28)44-34(40)20-38-37(42)32-21-39(6-2)33-16-22(3)10-15-29(33)35(32)41/h5,7-10,13-16,19,21,23,25-26,29,31,33,36H,1,6,11-12,17-18,20H2,2-4H3,(H,38,42)/t23?,25?,26?,29?,31?,33?,36-/m1/s1. The highest BCUT2D eigenvalue weighted by Gasteiger charge is 2.46. The van der Waals surface area contributed by atoms with Crippen molar-refractivity contribution in [3.63, 3.8) is 0 Å². The fraction of sp³-hybridized carbons (Fsp3) is 0.432. The van der Waals surface area contributed by atoms with E-state index in [1.54, 1.807) is 13.3 Å². The zero-order valence-electron chi connectivity index (χ0n) is 25.8. The van der Waals surface area contributed by atoms with Gasteiger partial charge in [0.2, 0.25) is 0 Å². The SMILES string of the molecule is C=CC1CC2CCC1CC2[C@H](OC(=O)CNC(=O)C1=CN(CC)C2C=C(C)C=CC2C1=O)c1cccc2ccc(OC)cc12. The van der Waals surface area contributed by atoms with Gasteiger partial charge in [-0.05, 0) is 80.2 Å². The van der Waals surface area contributed by atoms with E-state index < -0.39 is 23.9 Å². The number of methoxy groups -OCH3 is 1. The van der Waals surface area contributed by atoms with E-state index in [2.05, 4.69) is 30.1 Å². The molecule has 44 heavy (non-hydrogen) atoms. The van der Waals surface area contributed by atoms with Crippen LogP contribution in [0.1, 0.15) is 51.2 Å². The first-order valence-electron chi connectivity index (χ1n) is 15.9. The molecule has 1 N–H and O–H groups in total. The van der Waals surface area contributed by atoms with Gasteiger partial charge < -0.3 is 19.7 Å². The predicted octanol–water partition coefficient (Wildman–Crippen LogP) is 6.08. The molecule has 230 valence electrons. The van der Waals surface area contributed by atoms with Crippen LogP contribution in [0, 0.1) is 29.6 Å². The molecule has 6 unspecified atom stereocenters. The van der Waals surface area contributed by atoms with E-state index in [1.165, 1.54) is 6.42 Å². The summed E-state index contributed by atoms with van der Waals surface area (Å²) in [5, 5.41) is 4.73. The lowest BCUT2D eigenvalue weighted by Gasteiger charge is -2.48. The number of amides is 1. The van der Waals surface area contributed by atoms with E-state index in [1.807, 2.05) is 61.2 Å². The fourth-order valence-electron chi connectivity index (χ4n) is 7.96. The summed E-state index contributed by atoms with van der Waals surface area (Å²) in [7, 11) is 1.65. The van der Waals surface area contributed by atoms with Gasteiger partial charge in [-0.2, -0.15) is 0 Å². The number of esters is 1. The number of ketones is 1. The Morgan fingerprint density at radius 2 is 1.98 bits per heavy atom. The van der Waals surface area contributed by atoms with Crippen molar-refractivity contribution in [2.45, 2.75) is 51.7 Å². The monoisotopic (exact) mass is 594 g/mol. The van der Waals surface area contributed by atoms with Gasteiger partial charge in [-0.25, -0.2) is 0 Å². The second kappa shape index (κ2) is 12.5. The molecule has 0 saturated heterocycles. The number of nitrogens with zero attached hydrogens (tertiary/aromatic N) is 1. The maximum absolute atomic E-state index is 13.5. The molecule has 3 saturated carbocycles. The highest BCUT2D eigenvalue weighted by Crippen LogP contribution is 2.54. The van der Waals surface area contributed by atoms with Crippen LogP contribution in [0.5, 0.6) is 5.75 Å². The molecule has 2 bridgehead atoms. The number of hydrogen-bond acceptors (Lipinski definition) is 6. The Morgan fingerprint density at radius 3 is 2.70 bits per heavy atom. The van der Waals surface area contributed by atoms with Gasteiger partial charge in [0.25, 0.3) is 5.91 Å². The molecule has 0 spiro atoms. The van der Waals surface area contributed by atoms with Crippen molar-refractivity contribution in [1.29, 1.82) is 0 Å². The second-order valence-corrected chi connectivity index (χ2v) is 12.7. The molecule has 1 aliphatic heterocycles. The normalized spacial score (nSPS) is 28.1. The average Bonchev–Trinajstić information content (AvgIpc) is 3.05. The summed E-state index contributed by atoms with van der Waals surface area (Å²) in [5.41, 5.74) is 2.11. The predicted molar refractivity (Wildman–Crippen MR) is 171 cm³/mol. The second-order valence-electron chi connectivity index (χ2n) is 12.7. The largest absolute Gasteiger partial charge is 0.497 e. The molecule has 0 radical (unpaired) electrons. The Balaban J connectivity index is 1.23. The Kier molecular flexibility index (Phi) is 8.48. The third-order valence-electron chi connectivity index (χ3n) is 10.3. The van der Waals surface area contributed by atoms with Gasteiger partial charge in [-0.15, -0.1) is 6.58 Å². The maximum atomic E-state index is 13.5. The maximum Gasteiger partial charge on any atom is 0.326 e. The zero-order valence-corrected chi connectivity index (χ0v) is 25.8. The lowest BCUT2D eigenvalue weighted by molar-refractivity contribution is -0.156. The van der Waals surface area contributed by atoms with Crippen LogP contribution in [-0.4, -0.2) is 48.8 Å². The van der Waals surface area contributed by atoms with Crippen LogP contribution in [0.25, 0.3) is 10.8 Å². The lowest BCUT2D eigenvalue weighted by atomic mass is 9.58. The van der Waals surface area contributed by atoms with Crippen molar-refractivity contribution < 1.29 is 23.9 Å². The molecule has 7 rings (SSSR count). The molecule has 1 heterocycles. The van der Waals surface area contributed by atoms with Gasteiger partial charge in [0.05, 0.1) is 24.6 Å². The minimum atomic E-state index is -0.555. The van der Waals surface area contributed by atoms with Crippen LogP contribution in [0.4, 0.5) is 0 Å². The van der Waals surface area contributed by atoms with Crippen LogP contribution in [-0.2, 0) is 19.1 Å². The topological polar surface area (TPSA) is 84.9 Å². The number of fused-ring (bicyclic) bond motifs is 5. The molecule has 4 aliphatic carbocycles. The van der Waals surface area contributed by atoms with Crippen LogP contribution >= 0.6 is 0 Å². The summed E-state index contributed by atoms with van der Waals surface area (Å²) in [4.78, 5) is 42.1. The van der Waals surface area contributed by atoms with Crippen molar-refractivity contribution >= 4 is 28.4 Å². The Morgan fingerprint density at radius 1 is 1.16 bits per heavy atom. The van der Waals surface area contributed by atoms with E-state index in [0.717, 1.165) is 46.9 Å². The number of carbonyl (C=O) groups is 3. The Bertz CT molecular complexity index is 1570. The van der Waals surface area contributed by atoms with E-state index >= 15 is 0 Å². The first-order valence-corrected chi connectivity index (χ1v) is 15.9. The lowest BCUT2D eigenvalue weighted by Crippen LogP contribution is -2.47. The van der Waals surface area contributed by atoms with Crippen molar-refractivity contribution in [3.8, 4) is 5.75 Å². The molecule has 7 heteroatoms. The van der Waals surface area contributed by atoms with Crippen molar-refractivity contribution in [2.24, 2.45) is 29.6 Å². The third-order valence-corrected chi connectivity index (χ3v) is 10.3. The summed E-state index contributed by atoms with van der Waals surface area (Å²) in [6.07, 6.45) is 13.4. The summed E-state index contributed by atoms with van der Waals surface area (Å²) in [5.74, 6) is 0.602. The first-order chi connectivity index (χ1) is 21.3. The van der Waals surface area contributed by atoms with Crippen LogP contribution in [0.3, 0.4) is 0 Å². The van der Waals surface area contributed by atoms with E-state index in [0.29, 0.717) is 24.3 Å². The highest BCUT2D eigenvalue weighted by atomic mass is 16.5. The summed E-state index contributed by atoms with van der Waals surface area (Å²) in [6.45, 7) is 8.41. The first kappa shape index (κ1) is 29.9. The number of rotatable bonds is 9. The van der Waals surface area contributed by atoms with Crippen molar-refractivity contribution in [1.82, 2.24) is 10.2 Å². The molecular formula is C37H42N2O5. The minimum Gasteiger partial charge on any atom is -0.497 e. The van der Waals surface area contributed by atoms with Gasteiger partial charge >= 0.3 is 5.97 Å². The molecule has 2 aromatic rings. The highest BCUT2D eigenvalue weighted by molar-refractivity contribution is 6.21. The molecular weight excluding hydrogens is 552 g/mol. The van der Waals surface area contributed by atoms with Gasteiger partial charge in [0.15, 0.2) is 5.78 Å². The number of likely N-dealkylation sites (N-methyl/N-ethyl adjacent to an activating group) is 1. The number of allylic oxidation sites excluding steroid dienone is 3. The number of benzene rings is 2. The van der Waals surface area contributed by atoms with E-state index in [4.69, 9.17) is 9.47 Å². The molecule has 7 atom stereocenters. The van der Waals surface area contributed by atoms with Crippen molar-refractivity contribution in [3.05, 3.63) is 90.2 Å². The number of hydrogen-bond donors (Lipinski definition) is 1. The molecule has 0 aromatic heterocycles. The van der Waals surface area contributed by atoms with E-state index in [9.17, 15) is 14.4 Å². The molecule has 7 nitrogen and oxygen atoms in total. The van der Waals surface area contributed by atoms with Crippen LogP contribution in [0.2, 0.25) is 0 Å². The van der Waals surface area contributed by atoms with Gasteiger partial charge in [0.1, 0.15) is 18.4 Å². The Labute approximate surface area is 259 Å². The number of ether oxygens (including phenoxy) is 2. The fourth-order valence-corrected chi connectivity index (χ4v) is 7.96. The average molecular weight is 595 g/mol. The van der Waals surface area contributed by atoms with Gasteiger partial charge in [0, 0.05) is 24.2 Å². The molecule has 3 fully saturated rings. The minimum absolute atomic E-state index is 0.0660. The molecule has 2 aromatic carbocycles. The Hall–Kier alpha value is -4.13. The summed E-state index contributed by atoms with van der Waals surface area (Å²) < 4.78 is 11.9.